The molecule has 1 aromatic carbocycles. The molecule has 0 spiro atoms. The molecule has 0 atom stereocenters. The first kappa shape index (κ1) is 17.6. The summed E-state index contributed by atoms with van der Waals surface area (Å²) in [6.07, 6.45) is 0.831. The first-order valence-corrected chi connectivity index (χ1v) is 8.23. The van der Waals surface area contributed by atoms with Crippen molar-refractivity contribution in [2.45, 2.75) is 19.9 Å². The van der Waals surface area contributed by atoms with E-state index in [9.17, 15) is 14.4 Å². The number of hydrogen-bond donors (Lipinski definition) is 3. The van der Waals surface area contributed by atoms with Gasteiger partial charge in [-0.15, -0.1) is 11.3 Å². The van der Waals surface area contributed by atoms with Crippen LogP contribution in [0.3, 0.4) is 0 Å². The van der Waals surface area contributed by atoms with Gasteiger partial charge in [0, 0.05) is 23.1 Å². The summed E-state index contributed by atoms with van der Waals surface area (Å²) in [5.74, 6) is -1.68. The zero-order chi connectivity index (χ0) is 17.5. The minimum atomic E-state index is -1.10. The highest BCUT2D eigenvalue weighted by Gasteiger charge is 2.12. The summed E-state index contributed by atoms with van der Waals surface area (Å²) >= 11 is 1.16. The minimum Gasteiger partial charge on any atom is -0.476 e. The lowest BCUT2D eigenvalue weighted by Crippen LogP contribution is -2.26. The van der Waals surface area contributed by atoms with Gasteiger partial charge in [0.25, 0.3) is 11.8 Å². The summed E-state index contributed by atoms with van der Waals surface area (Å²) in [6, 6.07) is 6.41. The van der Waals surface area contributed by atoms with Crippen LogP contribution in [0.5, 0.6) is 0 Å². The molecule has 0 aliphatic rings. The summed E-state index contributed by atoms with van der Waals surface area (Å²) < 4.78 is 0. The smallest absolute Gasteiger partial charge is 0.355 e. The van der Waals surface area contributed by atoms with Crippen LogP contribution in [0.15, 0.2) is 29.6 Å². The standard InChI is InChI=1S/C16H17N3O4S/c1-2-6-17-14(20)10-4-3-5-11(7-10)15(21)18-8-13-19-12(9-24-13)16(22)23/h3-5,7,9H,2,6,8H2,1H3,(H,17,20)(H,18,21)(H,22,23). The van der Waals surface area contributed by atoms with E-state index in [-0.39, 0.29) is 24.1 Å². The van der Waals surface area contributed by atoms with Gasteiger partial charge in [-0.25, -0.2) is 9.78 Å². The third-order valence-corrected chi connectivity index (χ3v) is 3.94. The molecule has 1 heterocycles. The number of aromatic carboxylic acids is 1. The van der Waals surface area contributed by atoms with Gasteiger partial charge >= 0.3 is 5.97 Å². The molecule has 0 saturated heterocycles. The van der Waals surface area contributed by atoms with Crippen molar-refractivity contribution in [3.8, 4) is 0 Å². The van der Waals surface area contributed by atoms with Crippen LogP contribution in [-0.4, -0.2) is 34.4 Å². The van der Waals surface area contributed by atoms with Crippen LogP contribution in [0.25, 0.3) is 0 Å². The van der Waals surface area contributed by atoms with E-state index in [0.29, 0.717) is 22.7 Å². The minimum absolute atomic E-state index is 0.0427. The van der Waals surface area contributed by atoms with Crippen LogP contribution in [-0.2, 0) is 6.54 Å². The Bertz CT molecular complexity index is 757. The predicted octanol–water partition coefficient (Wildman–Crippen LogP) is 1.91. The number of benzene rings is 1. The van der Waals surface area contributed by atoms with Crippen LogP contribution >= 0.6 is 11.3 Å². The maximum Gasteiger partial charge on any atom is 0.355 e. The fourth-order valence-corrected chi connectivity index (χ4v) is 2.60. The number of aromatic nitrogens is 1. The monoisotopic (exact) mass is 347 g/mol. The number of amides is 2. The molecule has 2 rings (SSSR count). The maximum absolute atomic E-state index is 12.2. The van der Waals surface area contributed by atoms with Crippen molar-refractivity contribution in [1.29, 1.82) is 0 Å². The van der Waals surface area contributed by atoms with Gasteiger partial charge in [-0.1, -0.05) is 13.0 Å². The molecule has 8 heteroatoms. The molecule has 1 aromatic heterocycles. The molecule has 2 aromatic rings. The molecule has 0 radical (unpaired) electrons. The van der Waals surface area contributed by atoms with Crippen LogP contribution in [0.1, 0.15) is 49.6 Å². The highest BCUT2D eigenvalue weighted by Crippen LogP contribution is 2.10. The van der Waals surface area contributed by atoms with E-state index < -0.39 is 5.97 Å². The van der Waals surface area contributed by atoms with Crippen molar-refractivity contribution in [2.24, 2.45) is 0 Å². The Labute approximate surface area is 142 Å². The number of nitrogens with zero attached hydrogens (tertiary/aromatic N) is 1. The third-order valence-electron chi connectivity index (χ3n) is 3.09. The molecule has 126 valence electrons. The van der Waals surface area contributed by atoms with E-state index in [1.54, 1.807) is 18.2 Å². The van der Waals surface area contributed by atoms with E-state index in [0.717, 1.165) is 17.8 Å². The lowest BCUT2D eigenvalue weighted by Gasteiger charge is -2.06. The Balaban J connectivity index is 1.98. The molecule has 24 heavy (non-hydrogen) atoms. The largest absolute Gasteiger partial charge is 0.476 e. The van der Waals surface area contributed by atoms with Gasteiger partial charge in [-0.3, -0.25) is 9.59 Å². The molecular weight excluding hydrogens is 330 g/mol. The van der Waals surface area contributed by atoms with Gasteiger partial charge < -0.3 is 15.7 Å². The van der Waals surface area contributed by atoms with Crippen LogP contribution in [0.4, 0.5) is 0 Å². The lowest BCUT2D eigenvalue weighted by molar-refractivity contribution is 0.0690. The molecule has 0 aliphatic carbocycles. The average molecular weight is 347 g/mol. The number of thiazole rings is 1. The van der Waals surface area contributed by atoms with E-state index in [2.05, 4.69) is 15.6 Å². The average Bonchev–Trinajstić information content (AvgIpc) is 3.07. The zero-order valence-electron chi connectivity index (χ0n) is 13.0. The van der Waals surface area contributed by atoms with Gasteiger partial charge in [0.1, 0.15) is 5.01 Å². The van der Waals surface area contributed by atoms with Gasteiger partial charge in [-0.2, -0.15) is 0 Å². The summed E-state index contributed by atoms with van der Waals surface area (Å²) in [5.41, 5.74) is 0.728. The Kier molecular flexibility index (Phi) is 6.02. The van der Waals surface area contributed by atoms with E-state index in [4.69, 9.17) is 5.11 Å². The third kappa shape index (κ3) is 4.63. The molecule has 0 unspecified atom stereocenters. The number of hydrogen-bond acceptors (Lipinski definition) is 5. The SMILES string of the molecule is CCCNC(=O)c1cccc(C(=O)NCc2nc(C(=O)O)cs2)c1. The molecule has 3 N–H and O–H groups in total. The number of rotatable bonds is 7. The Morgan fingerprint density at radius 1 is 1.17 bits per heavy atom. The highest BCUT2D eigenvalue weighted by atomic mass is 32.1. The van der Waals surface area contributed by atoms with Crippen LogP contribution < -0.4 is 10.6 Å². The number of carbonyl (C=O) groups excluding carboxylic acids is 2. The van der Waals surface area contributed by atoms with E-state index in [1.165, 1.54) is 11.4 Å². The van der Waals surface area contributed by atoms with E-state index in [1.807, 2.05) is 6.92 Å². The molecule has 0 bridgehead atoms. The van der Waals surface area contributed by atoms with Gasteiger partial charge in [0.05, 0.1) is 6.54 Å². The normalized spacial score (nSPS) is 10.2. The van der Waals surface area contributed by atoms with E-state index >= 15 is 0 Å². The van der Waals surface area contributed by atoms with Crippen LogP contribution in [0.2, 0.25) is 0 Å². The number of carboxylic acids is 1. The van der Waals surface area contributed by atoms with Crippen molar-refractivity contribution in [3.63, 3.8) is 0 Å². The van der Waals surface area contributed by atoms with Gasteiger partial charge in [0.2, 0.25) is 0 Å². The zero-order valence-corrected chi connectivity index (χ0v) is 13.9. The second kappa shape index (κ2) is 8.21. The molecule has 0 saturated carbocycles. The summed E-state index contributed by atoms with van der Waals surface area (Å²) in [6.45, 7) is 2.66. The Hall–Kier alpha value is -2.74. The first-order valence-electron chi connectivity index (χ1n) is 7.35. The van der Waals surface area contributed by atoms with Crippen molar-refractivity contribution < 1.29 is 19.5 Å². The second-order valence-corrected chi connectivity index (χ2v) is 5.89. The molecule has 2 amide bonds. The number of carboxylic acid groups (broad SMARTS) is 1. The Morgan fingerprint density at radius 2 is 1.83 bits per heavy atom. The Morgan fingerprint density at radius 3 is 2.42 bits per heavy atom. The van der Waals surface area contributed by atoms with Crippen molar-refractivity contribution in [2.75, 3.05) is 6.54 Å². The number of nitrogens with one attached hydrogen (secondary N) is 2. The van der Waals surface area contributed by atoms with Gasteiger partial charge in [0.15, 0.2) is 5.69 Å². The molecule has 0 fully saturated rings. The number of carbonyl (C=O) groups is 3. The summed E-state index contributed by atoms with van der Waals surface area (Å²) in [7, 11) is 0. The first-order chi connectivity index (χ1) is 11.5. The maximum atomic E-state index is 12.2. The lowest BCUT2D eigenvalue weighted by atomic mass is 10.1. The van der Waals surface area contributed by atoms with Gasteiger partial charge in [-0.05, 0) is 24.6 Å². The van der Waals surface area contributed by atoms with Crippen molar-refractivity contribution >= 4 is 29.1 Å². The summed E-state index contributed by atoms with van der Waals surface area (Å²) in [4.78, 5) is 38.7. The van der Waals surface area contributed by atoms with Crippen molar-refractivity contribution in [1.82, 2.24) is 15.6 Å². The van der Waals surface area contributed by atoms with Crippen LogP contribution in [0, 0.1) is 0 Å². The fraction of sp³-hybridized carbons (Fsp3) is 0.250. The quantitative estimate of drug-likeness (QED) is 0.709. The highest BCUT2D eigenvalue weighted by molar-refractivity contribution is 7.09. The molecule has 7 nitrogen and oxygen atoms in total. The molecular formula is C16H17N3O4S. The molecule has 0 aliphatic heterocycles. The van der Waals surface area contributed by atoms with Crippen molar-refractivity contribution in [3.05, 3.63) is 51.5 Å². The second-order valence-electron chi connectivity index (χ2n) is 4.95. The summed E-state index contributed by atoms with van der Waals surface area (Å²) in [5, 5.41) is 16.1. The predicted molar refractivity (Wildman–Crippen MR) is 89.3 cm³/mol. The fourth-order valence-electron chi connectivity index (χ4n) is 1.89. The topological polar surface area (TPSA) is 108 Å².